The molecule has 0 aromatic heterocycles. The van der Waals surface area contributed by atoms with E-state index in [1.807, 2.05) is 0 Å². The van der Waals surface area contributed by atoms with E-state index in [2.05, 4.69) is 5.32 Å². The maximum atomic E-state index is 14.0. The number of primary amides is 1. The molecule has 1 aliphatic rings. The molecule has 1 unspecified atom stereocenters. The van der Waals surface area contributed by atoms with E-state index in [4.69, 9.17) is 5.73 Å². The van der Waals surface area contributed by atoms with Crippen molar-refractivity contribution < 1.29 is 22.8 Å². The first-order valence-corrected chi connectivity index (χ1v) is 8.45. The van der Waals surface area contributed by atoms with Crippen LogP contribution < -0.4 is 11.1 Å². The average Bonchev–Trinajstić information content (AvgIpc) is 2.63. The zero-order valence-electron chi connectivity index (χ0n) is 14.3. The SMILES string of the molecule is NC(=O)c1ccc(NC(=O)N2CCCC(c3cc(F)ccc3F)C2)cc1F. The number of halogens is 3. The van der Waals surface area contributed by atoms with E-state index in [1.165, 1.54) is 17.0 Å². The van der Waals surface area contributed by atoms with Crippen molar-refractivity contribution in [1.82, 2.24) is 4.90 Å². The third kappa shape index (κ3) is 4.21. The van der Waals surface area contributed by atoms with E-state index in [-0.39, 0.29) is 29.3 Å². The fourth-order valence-corrected chi connectivity index (χ4v) is 3.24. The van der Waals surface area contributed by atoms with Gasteiger partial charge in [-0.05, 0) is 54.8 Å². The van der Waals surface area contributed by atoms with Gasteiger partial charge in [0.05, 0.1) is 5.56 Å². The number of hydrogen-bond acceptors (Lipinski definition) is 2. The lowest BCUT2D eigenvalue weighted by atomic mass is 9.90. The lowest BCUT2D eigenvalue weighted by Crippen LogP contribution is -2.41. The quantitative estimate of drug-likeness (QED) is 0.857. The first-order chi connectivity index (χ1) is 12.8. The van der Waals surface area contributed by atoms with Crippen LogP contribution >= 0.6 is 0 Å². The Kier molecular flexibility index (Phi) is 5.34. The van der Waals surface area contributed by atoms with Crippen molar-refractivity contribution in [1.29, 1.82) is 0 Å². The van der Waals surface area contributed by atoms with Crippen molar-refractivity contribution in [2.45, 2.75) is 18.8 Å². The molecule has 1 saturated heterocycles. The van der Waals surface area contributed by atoms with Gasteiger partial charge in [0, 0.05) is 24.7 Å². The van der Waals surface area contributed by atoms with Crippen LogP contribution in [-0.4, -0.2) is 29.9 Å². The Morgan fingerprint density at radius 1 is 1.07 bits per heavy atom. The van der Waals surface area contributed by atoms with Crippen molar-refractivity contribution >= 4 is 17.6 Å². The first-order valence-electron chi connectivity index (χ1n) is 8.45. The number of carbonyl (C=O) groups excluding carboxylic acids is 2. The summed E-state index contributed by atoms with van der Waals surface area (Å²) in [5, 5.41) is 2.54. The van der Waals surface area contributed by atoms with Crippen LogP contribution in [0.5, 0.6) is 0 Å². The summed E-state index contributed by atoms with van der Waals surface area (Å²) in [7, 11) is 0. The highest BCUT2D eigenvalue weighted by Crippen LogP contribution is 2.29. The third-order valence-corrected chi connectivity index (χ3v) is 4.59. The molecule has 3 amide bonds. The van der Waals surface area contributed by atoms with Crippen molar-refractivity contribution in [2.75, 3.05) is 18.4 Å². The van der Waals surface area contributed by atoms with E-state index in [9.17, 15) is 22.8 Å². The van der Waals surface area contributed by atoms with Gasteiger partial charge in [-0.25, -0.2) is 18.0 Å². The summed E-state index contributed by atoms with van der Waals surface area (Å²) in [5.41, 5.74) is 5.18. The molecule has 0 spiro atoms. The molecule has 5 nitrogen and oxygen atoms in total. The number of rotatable bonds is 3. The van der Waals surface area contributed by atoms with Gasteiger partial charge in [-0.1, -0.05) is 0 Å². The molecule has 0 aliphatic carbocycles. The Hall–Kier alpha value is -3.03. The van der Waals surface area contributed by atoms with E-state index >= 15 is 0 Å². The molecule has 0 radical (unpaired) electrons. The van der Waals surface area contributed by atoms with E-state index in [0.717, 1.165) is 24.3 Å². The lowest BCUT2D eigenvalue weighted by Gasteiger charge is -2.33. The maximum absolute atomic E-state index is 14.0. The molecule has 8 heteroatoms. The predicted octanol–water partition coefficient (Wildman–Crippen LogP) is 3.61. The summed E-state index contributed by atoms with van der Waals surface area (Å²) in [6.45, 7) is 0.662. The zero-order chi connectivity index (χ0) is 19.6. The summed E-state index contributed by atoms with van der Waals surface area (Å²) < 4.78 is 41.3. The number of amides is 3. The van der Waals surface area contributed by atoms with Crippen molar-refractivity contribution in [2.24, 2.45) is 5.73 Å². The molecule has 2 aromatic rings. The Labute approximate surface area is 154 Å². The van der Waals surface area contributed by atoms with Gasteiger partial charge in [-0.2, -0.15) is 0 Å². The van der Waals surface area contributed by atoms with E-state index < -0.39 is 29.4 Å². The first kappa shape index (κ1) is 18.8. The van der Waals surface area contributed by atoms with E-state index in [0.29, 0.717) is 19.4 Å². The van der Waals surface area contributed by atoms with Crippen molar-refractivity contribution in [3.8, 4) is 0 Å². The number of likely N-dealkylation sites (tertiary alicyclic amines) is 1. The molecule has 1 heterocycles. The third-order valence-electron chi connectivity index (χ3n) is 4.59. The monoisotopic (exact) mass is 377 g/mol. The van der Waals surface area contributed by atoms with Gasteiger partial charge in [-0.3, -0.25) is 4.79 Å². The highest BCUT2D eigenvalue weighted by atomic mass is 19.1. The van der Waals surface area contributed by atoms with E-state index in [1.54, 1.807) is 0 Å². The van der Waals surface area contributed by atoms with Crippen LogP contribution in [0.2, 0.25) is 0 Å². The number of nitrogens with two attached hydrogens (primary N) is 1. The lowest BCUT2D eigenvalue weighted by molar-refractivity contribution is 0.0996. The standard InChI is InChI=1S/C19H18F3N3O2/c20-12-3-6-16(21)15(8-12)11-2-1-7-25(10-11)19(27)24-13-4-5-14(18(23)26)17(22)9-13/h3-6,8-9,11H,1-2,7,10H2,(H2,23,26)(H,24,27). The summed E-state index contributed by atoms with van der Waals surface area (Å²) in [6, 6.07) is 6.36. The predicted molar refractivity (Wildman–Crippen MR) is 93.8 cm³/mol. The van der Waals surface area contributed by atoms with Crippen LogP contribution in [0.3, 0.4) is 0 Å². The average molecular weight is 377 g/mol. The number of carbonyl (C=O) groups is 2. The Bertz CT molecular complexity index is 888. The van der Waals surface area contributed by atoms with Crippen LogP contribution in [0.4, 0.5) is 23.7 Å². The second-order valence-electron chi connectivity index (χ2n) is 6.44. The number of nitrogens with zero attached hydrogens (tertiary/aromatic N) is 1. The minimum absolute atomic E-state index is 0.168. The fourth-order valence-electron chi connectivity index (χ4n) is 3.24. The molecule has 1 fully saturated rings. The summed E-state index contributed by atoms with van der Waals surface area (Å²) in [5.74, 6) is -3.10. The van der Waals surface area contributed by atoms with Crippen molar-refractivity contribution in [3.05, 3.63) is 65.0 Å². The summed E-state index contributed by atoms with van der Waals surface area (Å²) in [6.07, 6.45) is 1.26. The molecule has 3 rings (SSSR count). The Balaban J connectivity index is 1.71. The van der Waals surface area contributed by atoms with Crippen molar-refractivity contribution in [3.63, 3.8) is 0 Å². The molecular formula is C19H18F3N3O2. The summed E-state index contributed by atoms with van der Waals surface area (Å²) in [4.78, 5) is 25.0. The second-order valence-corrected chi connectivity index (χ2v) is 6.44. The molecule has 3 N–H and O–H groups in total. The van der Waals surface area contributed by atoms with Gasteiger partial charge in [0.15, 0.2) is 0 Å². The topological polar surface area (TPSA) is 75.4 Å². The number of piperidine rings is 1. The van der Waals surface area contributed by atoms with Gasteiger partial charge < -0.3 is 16.0 Å². The second kappa shape index (κ2) is 7.69. The molecule has 1 aliphatic heterocycles. The number of benzene rings is 2. The number of urea groups is 1. The minimum atomic E-state index is -0.902. The van der Waals surface area contributed by atoms with Crippen LogP contribution in [0.15, 0.2) is 36.4 Å². The smallest absolute Gasteiger partial charge is 0.321 e. The van der Waals surface area contributed by atoms with Gasteiger partial charge in [0.25, 0.3) is 5.91 Å². The Morgan fingerprint density at radius 3 is 2.56 bits per heavy atom. The molecule has 27 heavy (non-hydrogen) atoms. The maximum Gasteiger partial charge on any atom is 0.321 e. The van der Waals surface area contributed by atoms with Gasteiger partial charge in [0.1, 0.15) is 17.5 Å². The van der Waals surface area contributed by atoms with Gasteiger partial charge in [-0.15, -0.1) is 0 Å². The minimum Gasteiger partial charge on any atom is -0.366 e. The largest absolute Gasteiger partial charge is 0.366 e. The highest BCUT2D eigenvalue weighted by molar-refractivity contribution is 5.94. The van der Waals surface area contributed by atoms with Crippen LogP contribution in [-0.2, 0) is 0 Å². The fraction of sp³-hybridized carbons (Fsp3) is 0.263. The summed E-state index contributed by atoms with van der Waals surface area (Å²) >= 11 is 0. The van der Waals surface area contributed by atoms with Crippen LogP contribution in [0, 0.1) is 17.5 Å². The highest BCUT2D eigenvalue weighted by Gasteiger charge is 2.27. The molecule has 142 valence electrons. The Morgan fingerprint density at radius 2 is 1.85 bits per heavy atom. The molecular weight excluding hydrogens is 359 g/mol. The van der Waals surface area contributed by atoms with Gasteiger partial charge >= 0.3 is 6.03 Å². The van der Waals surface area contributed by atoms with Crippen LogP contribution in [0.25, 0.3) is 0 Å². The molecule has 1 atom stereocenters. The normalized spacial score (nSPS) is 16.9. The number of anilines is 1. The van der Waals surface area contributed by atoms with Crippen LogP contribution in [0.1, 0.15) is 34.7 Å². The van der Waals surface area contributed by atoms with Gasteiger partial charge in [0.2, 0.25) is 0 Å². The molecule has 0 bridgehead atoms. The molecule has 2 aromatic carbocycles. The molecule has 0 saturated carbocycles. The number of nitrogens with one attached hydrogen (secondary N) is 1. The zero-order valence-corrected chi connectivity index (χ0v) is 14.3. The number of hydrogen-bond donors (Lipinski definition) is 2.